The first-order valence-electron chi connectivity index (χ1n) is 17.4. The van der Waals surface area contributed by atoms with Gasteiger partial charge in [-0.1, -0.05) is 165 Å². The highest BCUT2D eigenvalue weighted by molar-refractivity contribution is 6.00. The van der Waals surface area contributed by atoms with Gasteiger partial charge >= 0.3 is 0 Å². The van der Waals surface area contributed by atoms with Gasteiger partial charge in [0.15, 0.2) is 17.5 Å². The lowest BCUT2D eigenvalue weighted by atomic mass is 9.70. The van der Waals surface area contributed by atoms with Gasteiger partial charge in [-0.3, -0.25) is 0 Å². The minimum Gasteiger partial charge on any atom is -0.208 e. The molecule has 0 aliphatic heterocycles. The summed E-state index contributed by atoms with van der Waals surface area (Å²) in [5.41, 5.74) is 15.1. The zero-order valence-corrected chi connectivity index (χ0v) is 28.1. The molecule has 0 saturated heterocycles. The Hall–Kier alpha value is -6.19. The van der Waals surface area contributed by atoms with Crippen molar-refractivity contribution < 1.29 is 0 Å². The van der Waals surface area contributed by atoms with Crippen molar-refractivity contribution in [2.75, 3.05) is 0 Å². The molecule has 7 aromatic rings. The van der Waals surface area contributed by atoms with Crippen LogP contribution in [-0.2, 0) is 5.41 Å². The van der Waals surface area contributed by atoms with Crippen LogP contribution in [0.5, 0.6) is 0 Å². The van der Waals surface area contributed by atoms with Crippen molar-refractivity contribution in [1.82, 2.24) is 15.0 Å². The maximum atomic E-state index is 5.25. The van der Waals surface area contributed by atoms with Crippen molar-refractivity contribution in [2.45, 2.75) is 25.7 Å². The molecule has 2 aliphatic carbocycles. The van der Waals surface area contributed by atoms with E-state index in [0.29, 0.717) is 17.5 Å². The third-order valence-electron chi connectivity index (χ3n) is 10.2. The van der Waals surface area contributed by atoms with Crippen molar-refractivity contribution in [2.24, 2.45) is 0 Å². The van der Waals surface area contributed by atoms with E-state index < -0.39 is 5.41 Å². The number of hydrogen-bond acceptors (Lipinski definition) is 3. The Labute approximate surface area is 293 Å². The SMILES string of the molecule is C/C=C1\C(=C/CC)c2ccccc2C12c1ccccc1-c1ccc(-c3nc(-c4ccccc4)nc(-c4ccccc4-c4ccccc4)n3)cc12. The molecule has 3 nitrogen and oxygen atoms in total. The highest BCUT2D eigenvalue weighted by Crippen LogP contribution is 2.64. The normalized spacial score (nSPS) is 17.2. The number of aromatic nitrogens is 3. The highest BCUT2D eigenvalue weighted by Gasteiger charge is 2.53. The van der Waals surface area contributed by atoms with E-state index in [2.05, 4.69) is 153 Å². The lowest BCUT2D eigenvalue weighted by Gasteiger charge is -2.31. The molecule has 6 aromatic carbocycles. The molecule has 50 heavy (non-hydrogen) atoms. The van der Waals surface area contributed by atoms with Crippen LogP contribution in [0.15, 0.2) is 169 Å². The van der Waals surface area contributed by atoms with Gasteiger partial charge in [0.05, 0.1) is 5.41 Å². The van der Waals surface area contributed by atoms with Gasteiger partial charge in [-0.15, -0.1) is 0 Å². The second-order valence-corrected chi connectivity index (χ2v) is 12.9. The second kappa shape index (κ2) is 12.0. The third kappa shape index (κ3) is 4.47. The molecule has 0 radical (unpaired) electrons. The Morgan fingerprint density at radius 1 is 0.460 bits per heavy atom. The van der Waals surface area contributed by atoms with Crippen molar-refractivity contribution in [3.05, 3.63) is 192 Å². The predicted octanol–water partition coefficient (Wildman–Crippen LogP) is 11.6. The van der Waals surface area contributed by atoms with E-state index in [1.54, 1.807) is 0 Å². The standard InChI is InChI=1S/C47H35N3/c1-3-17-35-36-23-13-15-26-41(36)47(40(35)4-2)42-27-16-14-24-37(42)38-29-28-33(30-43(38)47)45-48-44(32-20-9-6-10-21-32)49-46(50-45)39-25-12-11-22-34(39)31-18-7-5-8-19-31/h4-30H,3H2,1-2H3/b35-17-,40-4+. The first kappa shape index (κ1) is 29.9. The molecule has 0 amide bonds. The van der Waals surface area contributed by atoms with Crippen LogP contribution >= 0.6 is 0 Å². The molecule has 9 rings (SSSR count). The van der Waals surface area contributed by atoms with Gasteiger partial charge in [0.25, 0.3) is 0 Å². The summed E-state index contributed by atoms with van der Waals surface area (Å²) < 4.78 is 0. The van der Waals surface area contributed by atoms with Crippen LogP contribution in [0.1, 0.15) is 42.5 Å². The third-order valence-corrected chi connectivity index (χ3v) is 10.2. The van der Waals surface area contributed by atoms with E-state index in [1.165, 1.54) is 44.5 Å². The molecule has 1 heterocycles. The summed E-state index contributed by atoms with van der Waals surface area (Å²) >= 11 is 0. The molecule has 238 valence electrons. The summed E-state index contributed by atoms with van der Waals surface area (Å²) in [6.07, 6.45) is 5.68. The quantitative estimate of drug-likeness (QED) is 0.188. The number of nitrogens with zero attached hydrogens (tertiary/aromatic N) is 3. The van der Waals surface area contributed by atoms with Crippen LogP contribution in [-0.4, -0.2) is 15.0 Å². The van der Waals surface area contributed by atoms with E-state index in [1.807, 2.05) is 24.3 Å². The van der Waals surface area contributed by atoms with E-state index in [4.69, 9.17) is 15.0 Å². The summed E-state index contributed by atoms with van der Waals surface area (Å²) in [5, 5.41) is 0. The maximum Gasteiger partial charge on any atom is 0.164 e. The topological polar surface area (TPSA) is 38.7 Å². The molecular formula is C47H35N3. The highest BCUT2D eigenvalue weighted by atomic mass is 15.0. The van der Waals surface area contributed by atoms with E-state index in [9.17, 15) is 0 Å². The zero-order chi connectivity index (χ0) is 33.7. The molecule has 1 atom stereocenters. The van der Waals surface area contributed by atoms with Crippen LogP contribution < -0.4 is 0 Å². The number of rotatable bonds is 5. The van der Waals surface area contributed by atoms with Gasteiger partial charge in [0, 0.05) is 16.7 Å². The van der Waals surface area contributed by atoms with Crippen molar-refractivity contribution in [3.63, 3.8) is 0 Å². The first-order chi connectivity index (χ1) is 24.7. The van der Waals surface area contributed by atoms with Gasteiger partial charge in [-0.25, -0.2) is 15.0 Å². The number of benzene rings is 6. The molecule has 3 heteroatoms. The fraction of sp³-hybridized carbons (Fsp3) is 0.0851. The monoisotopic (exact) mass is 641 g/mol. The summed E-state index contributed by atoms with van der Waals surface area (Å²) in [6.45, 7) is 4.41. The molecular weight excluding hydrogens is 607 g/mol. The zero-order valence-electron chi connectivity index (χ0n) is 28.1. The Morgan fingerprint density at radius 3 is 1.66 bits per heavy atom. The average molecular weight is 642 g/mol. The second-order valence-electron chi connectivity index (χ2n) is 12.9. The number of hydrogen-bond donors (Lipinski definition) is 0. The summed E-state index contributed by atoms with van der Waals surface area (Å²) in [6, 6.07) is 53.7. The van der Waals surface area contributed by atoms with Gasteiger partial charge in [-0.05, 0) is 75.1 Å². The molecule has 1 aromatic heterocycles. The fourth-order valence-corrected chi connectivity index (χ4v) is 8.22. The Kier molecular flexibility index (Phi) is 7.21. The van der Waals surface area contributed by atoms with E-state index in [-0.39, 0.29) is 0 Å². The minimum atomic E-state index is -0.438. The molecule has 1 spiro atoms. The van der Waals surface area contributed by atoms with Crippen molar-refractivity contribution in [3.8, 4) is 56.4 Å². The van der Waals surface area contributed by atoms with Gasteiger partial charge in [0.2, 0.25) is 0 Å². The molecule has 1 unspecified atom stereocenters. The Bertz CT molecular complexity index is 2480. The van der Waals surface area contributed by atoms with E-state index in [0.717, 1.165) is 34.2 Å². The fourth-order valence-electron chi connectivity index (χ4n) is 8.22. The smallest absolute Gasteiger partial charge is 0.164 e. The van der Waals surface area contributed by atoms with Crippen LogP contribution in [0.3, 0.4) is 0 Å². The van der Waals surface area contributed by atoms with E-state index >= 15 is 0 Å². The predicted molar refractivity (Wildman–Crippen MR) is 205 cm³/mol. The lowest BCUT2D eigenvalue weighted by Crippen LogP contribution is -2.26. The number of allylic oxidation sites excluding steroid dienone is 4. The molecule has 0 bridgehead atoms. The summed E-state index contributed by atoms with van der Waals surface area (Å²) in [7, 11) is 0. The van der Waals surface area contributed by atoms with Gasteiger partial charge < -0.3 is 0 Å². The molecule has 0 N–H and O–H groups in total. The van der Waals surface area contributed by atoms with Crippen LogP contribution in [0.2, 0.25) is 0 Å². The Balaban J connectivity index is 1.30. The van der Waals surface area contributed by atoms with Gasteiger partial charge in [0.1, 0.15) is 0 Å². The number of fused-ring (bicyclic) bond motifs is 7. The van der Waals surface area contributed by atoms with Crippen molar-refractivity contribution in [1.29, 1.82) is 0 Å². The lowest BCUT2D eigenvalue weighted by molar-refractivity contribution is 0.792. The van der Waals surface area contributed by atoms with Crippen LogP contribution in [0.4, 0.5) is 0 Å². The van der Waals surface area contributed by atoms with Gasteiger partial charge in [-0.2, -0.15) is 0 Å². The molecule has 0 fully saturated rings. The average Bonchev–Trinajstić information content (AvgIpc) is 3.64. The van der Waals surface area contributed by atoms with Crippen LogP contribution in [0, 0.1) is 0 Å². The first-order valence-corrected chi connectivity index (χ1v) is 17.4. The largest absolute Gasteiger partial charge is 0.208 e. The molecule has 2 aliphatic rings. The van der Waals surface area contributed by atoms with Crippen molar-refractivity contribution >= 4 is 5.57 Å². The van der Waals surface area contributed by atoms with Crippen LogP contribution in [0.25, 0.3) is 62.0 Å². The summed E-state index contributed by atoms with van der Waals surface area (Å²) in [4.78, 5) is 15.5. The summed E-state index contributed by atoms with van der Waals surface area (Å²) in [5.74, 6) is 1.96. The maximum absolute atomic E-state index is 5.25. The molecule has 0 saturated carbocycles. The minimum absolute atomic E-state index is 0.438. The Morgan fingerprint density at radius 2 is 0.980 bits per heavy atom.